The molecule has 162 valence electrons. The number of hydrogen-bond acceptors (Lipinski definition) is 7. The molecule has 31 heavy (non-hydrogen) atoms. The second kappa shape index (κ2) is 8.75. The second-order valence-electron chi connectivity index (χ2n) is 7.11. The highest BCUT2D eigenvalue weighted by atomic mass is 32.2. The molecule has 10 heteroatoms. The number of benzene rings is 2. The zero-order valence-electron chi connectivity index (χ0n) is 16.9. The fraction of sp³-hybridized carbons (Fsp3) is 0.238. The number of thiazole rings is 1. The molecule has 0 spiro atoms. The molecule has 1 aromatic heterocycles. The highest BCUT2D eigenvalue weighted by Crippen LogP contribution is 2.27. The minimum Gasteiger partial charge on any atom is -0.378 e. The molecule has 3 aromatic rings. The van der Waals surface area contributed by atoms with Crippen LogP contribution in [0.2, 0.25) is 0 Å². The third kappa shape index (κ3) is 4.93. The van der Waals surface area contributed by atoms with E-state index in [0.29, 0.717) is 37.7 Å². The smallest absolute Gasteiger partial charge is 0.257 e. The largest absolute Gasteiger partial charge is 0.378 e. The quantitative estimate of drug-likeness (QED) is 0.608. The fourth-order valence-electron chi connectivity index (χ4n) is 3.37. The lowest BCUT2D eigenvalue weighted by atomic mass is 10.1. The summed E-state index contributed by atoms with van der Waals surface area (Å²) >= 11 is 1.58. The van der Waals surface area contributed by atoms with E-state index in [0.717, 1.165) is 16.3 Å². The number of anilines is 2. The molecular formula is C21H22N4O4S2. The molecule has 1 saturated heterocycles. The standard InChI is InChI=1S/C21H22N4O4S2/c1-14-23-19(13-30-14)15-2-4-16(5-3-15)24-21(26)18-12-17(31(22,27)28)6-7-20(18)25-8-10-29-11-9-25/h2-7,12-13H,8-11H2,1H3,(H,24,26)(H2,22,27,28). The van der Waals surface area contributed by atoms with Crippen molar-refractivity contribution < 1.29 is 17.9 Å². The first kappa shape index (κ1) is 21.4. The maximum absolute atomic E-state index is 13.1. The van der Waals surface area contributed by atoms with Crippen molar-refractivity contribution in [3.05, 3.63) is 58.4 Å². The normalized spacial score (nSPS) is 14.5. The van der Waals surface area contributed by atoms with Gasteiger partial charge in [-0.15, -0.1) is 11.3 Å². The van der Waals surface area contributed by atoms with E-state index in [4.69, 9.17) is 9.88 Å². The van der Waals surface area contributed by atoms with Crippen LogP contribution >= 0.6 is 11.3 Å². The lowest BCUT2D eigenvalue weighted by Crippen LogP contribution is -2.37. The SMILES string of the molecule is Cc1nc(-c2ccc(NC(=O)c3cc(S(N)(=O)=O)ccc3N3CCOCC3)cc2)cs1. The molecule has 2 heterocycles. The summed E-state index contributed by atoms with van der Waals surface area (Å²) in [4.78, 5) is 19.5. The van der Waals surface area contributed by atoms with Gasteiger partial charge in [-0.25, -0.2) is 18.5 Å². The third-order valence-corrected chi connectivity index (χ3v) is 6.64. The molecule has 0 saturated carbocycles. The first-order chi connectivity index (χ1) is 14.8. The number of nitrogens with one attached hydrogen (secondary N) is 1. The number of nitrogens with two attached hydrogens (primary N) is 1. The predicted molar refractivity (Wildman–Crippen MR) is 121 cm³/mol. The second-order valence-corrected chi connectivity index (χ2v) is 9.73. The van der Waals surface area contributed by atoms with Crippen LogP contribution in [-0.2, 0) is 14.8 Å². The van der Waals surface area contributed by atoms with E-state index >= 15 is 0 Å². The number of sulfonamides is 1. The molecule has 1 aliphatic rings. The summed E-state index contributed by atoms with van der Waals surface area (Å²) in [7, 11) is -3.94. The van der Waals surface area contributed by atoms with Crippen LogP contribution in [0.3, 0.4) is 0 Å². The molecule has 1 amide bonds. The van der Waals surface area contributed by atoms with E-state index < -0.39 is 15.9 Å². The number of ether oxygens (including phenoxy) is 1. The Balaban J connectivity index is 1.61. The Bertz CT molecular complexity index is 1200. The van der Waals surface area contributed by atoms with Crippen molar-refractivity contribution in [1.29, 1.82) is 0 Å². The molecule has 0 radical (unpaired) electrons. The van der Waals surface area contributed by atoms with Crippen molar-refractivity contribution in [2.45, 2.75) is 11.8 Å². The first-order valence-corrected chi connectivity index (χ1v) is 12.1. The van der Waals surface area contributed by atoms with E-state index in [1.54, 1.807) is 29.5 Å². The Kier molecular flexibility index (Phi) is 6.05. The van der Waals surface area contributed by atoms with Crippen LogP contribution in [0.25, 0.3) is 11.3 Å². The van der Waals surface area contributed by atoms with E-state index in [1.807, 2.05) is 29.3 Å². The monoisotopic (exact) mass is 458 g/mol. The van der Waals surface area contributed by atoms with Gasteiger partial charge in [-0.05, 0) is 37.3 Å². The zero-order chi connectivity index (χ0) is 22.0. The molecule has 3 N–H and O–H groups in total. The van der Waals surface area contributed by atoms with E-state index in [9.17, 15) is 13.2 Å². The zero-order valence-corrected chi connectivity index (χ0v) is 18.5. The summed E-state index contributed by atoms with van der Waals surface area (Å²) in [6.45, 7) is 4.24. The summed E-state index contributed by atoms with van der Waals surface area (Å²) in [5.74, 6) is -0.413. The van der Waals surface area contributed by atoms with Crippen molar-refractivity contribution in [2.24, 2.45) is 5.14 Å². The number of primary sulfonamides is 1. The van der Waals surface area contributed by atoms with Crippen LogP contribution < -0.4 is 15.4 Å². The Morgan fingerprint density at radius 1 is 1.16 bits per heavy atom. The van der Waals surface area contributed by atoms with Crippen LogP contribution in [0.1, 0.15) is 15.4 Å². The van der Waals surface area contributed by atoms with Crippen LogP contribution in [0.5, 0.6) is 0 Å². The van der Waals surface area contributed by atoms with Crippen LogP contribution in [-0.4, -0.2) is 45.6 Å². The summed E-state index contributed by atoms with van der Waals surface area (Å²) in [6.07, 6.45) is 0. The van der Waals surface area contributed by atoms with Crippen LogP contribution in [0.4, 0.5) is 11.4 Å². The average Bonchev–Trinajstić information content (AvgIpc) is 3.20. The average molecular weight is 459 g/mol. The van der Waals surface area contributed by atoms with Gasteiger partial charge in [-0.2, -0.15) is 0 Å². The number of carbonyl (C=O) groups is 1. The van der Waals surface area contributed by atoms with Crippen molar-refractivity contribution in [3.8, 4) is 11.3 Å². The summed E-state index contributed by atoms with van der Waals surface area (Å²) < 4.78 is 29.1. The molecule has 0 aliphatic carbocycles. The molecule has 8 nitrogen and oxygen atoms in total. The number of morpholine rings is 1. The summed E-state index contributed by atoms with van der Waals surface area (Å²) in [5.41, 5.74) is 3.31. The van der Waals surface area contributed by atoms with E-state index in [-0.39, 0.29) is 10.5 Å². The number of aromatic nitrogens is 1. The number of rotatable bonds is 5. The first-order valence-electron chi connectivity index (χ1n) is 9.65. The van der Waals surface area contributed by atoms with Gasteiger partial charge in [0.1, 0.15) is 0 Å². The molecule has 1 fully saturated rings. The van der Waals surface area contributed by atoms with Gasteiger partial charge < -0.3 is 15.0 Å². The van der Waals surface area contributed by atoms with Gasteiger partial charge in [0.05, 0.1) is 34.4 Å². The molecule has 0 bridgehead atoms. The maximum Gasteiger partial charge on any atom is 0.257 e. The molecule has 4 rings (SSSR count). The Labute approximate surface area is 184 Å². The van der Waals surface area contributed by atoms with Crippen molar-refractivity contribution in [1.82, 2.24) is 4.98 Å². The maximum atomic E-state index is 13.1. The predicted octanol–water partition coefficient (Wildman–Crippen LogP) is 2.85. The lowest BCUT2D eigenvalue weighted by molar-refractivity contribution is 0.102. The van der Waals surface area contributed by atoms with Crippen molar-refractivity contribution in [3.63, 3.8) is 0 Å². The van der Waals surface area contributed by atoms with Crippen LogP contribution in [0.15, 0.2) is 52.7 Å². The Morgan fingerprint density at radius 3 is 2.48 bits per heavy atom. The Hall–Kier alpha value is -2.79. The highest BCUT2D eigenvalue weighted by Gasteiger charge is 2.22. The van der Waals surface area contributed by atoms with Crippen molar-refractivity contribution >= 4 is 38.6 Å². The molecule has 2 aromatic carbocycles. The van der Waals surface area contributed by atoms with Gasteiger partial charge in [-0.1, -0.05) is 12.1 Å². The van der Waals surface area contributed by atoms with E-state index in [1.165, 1.54) is 12.1 Å². The van der Waals surface area contributed by atoms with E-state index in [2.05, 4.69) is 10.3 Å². The molecule has 0 unspecified atom stereocenters. The number of carbonyl (C=O) groups excluding carboxylic acids is 1. The van der Waals surface area contributed by atoms with Gasteiger partial charge in [0.2, 0.25) is 10.0 Å². The lowest BCUT2D eigenvalue weighted by Gasteiger charge is -2.30. The molecule has 1 aliphatic heterocycles. The van der Waals surface area contributed by atoms with Gasteiger partial charge in [0, 0.05) is 35.4 Å². The number of aryl methyl sites for hydroxylation is 1. The van der Waals surface area contributed by atoms with Gasteiger partial charge in [0.25, 0.3) is 5.91 Å². The van der Waals surface area contributed by atoms with Crippen LogP contribution in [0, 0.1) is 6.92 Å². The highest BCUT2D eigenvalue weighted by molar-refractivity contribution is 7.89. The van der Waals surface area contributed by atoms with Gasteiger partial charge in [-0.3, -0.25) is 4.79 Å². The van der Waals surface area contributed by atoms with Gasteiger partial charge >= 0.3 is 0 Å². The number of hydrogen-bond donors (Lipinski definition) is 2. The van der Waals surface area contributed by atoms with Crippen molar-refractivity contribution in [2.75, 3.05) is 36.5 Å². The number of amides is 1. The summed E-state index contributed by atoms with van der Waals surface area (Å²) in [5, 5.41) is 11.1. The molecular weight excluding hydrogens is 436 g/mol. The Morgan fingerprint density at radius 2 is 1.87 bits per heavy atom. The molecule has 0 atom stereocenters. The minimum absolute atomic E-state index is 0.107. The minimum atomic E-state index is -3.94. The summed E-state index contributed by atoms with van der Waals surface area (Å²) in [6, 6.07) is 11.7. The van der Waals surface area contributed by atoms with Gasteiger partial charge in [0.15, 0.2) is 0 Å². The fourth-order valence-corrected chi connectivity index (χ4v) is 4.53. The third-order valence-electron chi connectivity index (χ3n) is 4.95. The number of nitrogens with zero attached hydrogens (tertiary/aromatic N) is 2. The topological polar surface area (TPSA) is 115 Å².